The van der Waals surface area contributed by atoms with E-state index in [-0.39, 0.29) is 19.0 Å². The molecule has 0 saturated heterocycles. The van der Waals surface area contributed by atoms with Crippen LogP contribution < -0.4 is 20.3 Å². The van der Waals surface area contributed by atoms with E-state index in [1.54, 1.807) is 48.5 Å². The molecule has 0 unspecified atom stereocenters. The fourth-order valence-corrected chi connectivity index (χ4v) is 2.47. The second-order valence-corrected chi connectivity index (χ2v) is 5.63. The van der Waals surface area contributed by atoms with Crippen molar-refractivity contribution in [1.29, 1.82) is 5.41 Å². The van der Waals surface area contributed by atoms with Crippen LogP contribution in [0.1, 0.15) is 11.1 Å². The number of hydrogen-bond donors (Lipinski definition) is 4. The Kier molecular flexibility index (Phi) is 7.64. The second kappa shape index (κ2) is 10.4. The maximum Gasteiger partial charge on any atom is 0.162 e. The average Bonchev–Trinajstić information content (AvgIpc) is 2.75. The Hall–Kier alpha value is -3.76. The van der Waals surface area contributed by atoms with Gasteiger partial charge in [-0.15, -0.1) is 6.42 Å². The molecular weight excluding hydrogens is 358 g/mol. The van der Waals surface area contributed by atoms with Crippen LogP contribution in [0.2, 0.25) is 0 Å². The molecule has 0 heterocycles. The maximum absolute atomic E-state index is 11.5. The Morgan fingerprint density at radius 1 is 1.29 bits per heavy atom. The van der Waals surface area contributed by atoms with Crippen molar-refractivity contribution in [2.24, 2.45) is 0 Å². The predicted octanol–water partition coefficient (Wildman–Crippen LogP) is 2.71. The molecule has 0 aliphatic heterocycles. The Bertz CT molecular complexity index is 916. The molecule has 0 fully saturated rings. The number of hydrogen-bond acceptors (Lipinski definition) is 6. The summed E-state index contributed by atoms with van der Waals surface area (Å²) >= 11 is 0. The topological polar surface area (TPSA) is 104 Å². The van der Waals surface area contributed by atoms with Gasteiger partial charge in [0.2, 0.25) is 0 Å². The van der Waals surface area contributed by atoms with Gasteiger partial charge in [-0.1, -0.05) is 24.1 Å². The third-order valence-corrected chi connectivity index (χ3v) is 3.79. The highest BCUT2D eigenvalue weighted by molar-refractivity contribution is 6.00. The SMILES string of the molecule is C#CCOc1ccc(/C=C(\C=O)CNc2ccccc2C(=N)NO)cc1OC. The highest BCUT2D eigenvalue weighted by Gasteiger charge is 2.08. The van der Waals surface area contributed by atoms with Gasteiger partial charge in [-0.05, 0) is 35.9 Å². The lowest BCUT2D eigenvalue weighted by Gasteiger charge is -2.12. The van der Waals surface area contributed by atoms with Crippen LogP contribution in [0.3, 0.4) is 0 Å². The smallest absolute Gasteiger partial charge is 0.162 e. The molecule has 2 rings (SSSR count). The van der Waals surface area contributed by atoms with Crippen molar-refractivity contribution >= 4 is 23.9 Å². The summed E-state index contributed by atoms with van der Waals surface area (Å²) < 4.78 is 10.7. The molecule has 0 aliphatic rings. The van der Waals surface area contributed by atoms with Gasteiger partial charge in [-0.2, -0.15) is 0 Å². The van der Waals surface area contributed by atoms with Crippen LogP contribution in [-0.2, 0) is 4.79 Å². The monoisotopic (exact) mass is 379 g/mol. The number of carbonyl (C=O) groups excluding carboxylic acids is 1. The van der Waals surface area contributed by atoms with E-state index < -0.39 is 0 Å². The lowest BCUT2D eigenvalue weighted by atomic mass is 10.1. The third kappa shape index (κ3) is 5.37. The number of rotatable bonds is 9. The van der Waals surface area contributed by atoms with Crippen LogP contribution in [-0.4, -0.2) is 37.6 Å². The maximum atomic E-state index is 11.5. The number of hydroxylamine groups is 1. The summed E-state index contributed by atoms with van der Waals surface area (Å²) in [5.41, 5.74) is 4.14. The first-order chi connectivity index (χ1) is 13.6. The number of para-hydroxylation sites is 1. The molecule has 0 atom stereocenters. The van der Waals surface area contributed by atoms with Crippen LogP contribution in [0.15, 0.2) is 48.0 Å². The summed E-state index contributed by atoms with van der Waals surface area (Å²) in [5, 5.41) is 19.8. The lowest BCUT2D eigenvalue weighted by molar-refractivity contribution is -0.104. The van der Waals surface area contributed by atoms with Crippen molar-refractivity contribution in [2.45, 2.75) is 0 Å². The normalized spacial score (nSPS) is 10.5. The first-order valence-electron chi connectivity index (χ1n) is 8.35. The number of nitrogens with one attached hydrogen (secondary N) is 3. The zero-order chi connectivity index (χ0) is 20.4. The highest BCUT2D eigenvalue weighted by atomic mass is 16.5. The summed E-state index contributed by atoms with van der Waals surface area (Å²) in [5.74, 6) is 3.28. The van der Waals surface area contributed by atoms with E-state index in [0.29, 0.717) is 28.3 Å². The molecule has 0 amide bonds. The third-order valence-electron chi connectivity index (χ3n) is 3.79. The van der Waals surface area contributed by atoms with Gasteiger partial charge in [0.15, 0.2) is 17.3 Å². The summed E-state index contributed by atoms with van der Waals surface area (Å²) in [6, 6.07) is 12.2. The number of carbonyl (C=O) groups is 1. The van der Waals surface area contributed by atoms with Gasteiger partial charge in [0.1, 0.15) is 12.9 Å². The van der Waals surface area contributed by atoms with E-state index in [9.17, 15) is 4.79 Å². The summed E-state index contributed by atoms with van der Waals surface area (Å²) in [4.78, 5) is 11.5. The molecule has 7 heteroatoms. The van der Waals surface area contributed by atoms with Crippen LogP contribution in [0.25, 0.3) is 6.08 Å². The van der Waals surface area contributed by atoms with Gasteiger partial charge >= 0.3 is 0 Å². The van der Waals surface area contributed by atoms with Crippen molar-refractivity contribution in [3.63, 3.8) is 0 Å². The van der Waals surface area contributed by atoms with E-state index in [0.717, 1.165) is 11.8 Å². The van der Waals surface area contributed by atoms with Gasteiger partial charge in [0.05, 0.1) is 7.11 Å². The zero-order valence-electron chi connectivity index (χ0n) is 15.4. The molecule has 0 saturated carbocycles. The first-order valence-corrected chi connectivity index (χ1v) is 8.35. The molecule has 0 bridgehead atoms. The van der Waals surface area contributed by atoms with Crippen LogP contribution >= 0.6 is 0 Å². The number of terminal acetylenes is 1. The Morgan fingerprint density at radius 3 is 2.75 bits per heavy atom. The number of benzene rings is 2. The first kappa shape index (κ1) is 20.6. The largest absolute Gasteiger partial charge is 0.493 e. The van der Waals surface area contributed by atoms with Crippen molar-refractivity contribution in [3.8, 4) is 23.8 Å². The Labute approximate surface area is 163 Å². The van der Waals surface area contributed by atoms with Gasteiger partial charge < -0.3 is 14.8 Å². The predicted molar refractivity (Wildman–Crippen MR) is 108 cm³/mol. The molecule has 28 heavy (non-hydrogen) atoms. The fourth-order valence-electron chi connectivity index (χ4n) is 2.47. The molecule has 4 N–H and O–H groups in total. The van der Waals surface area contributed by atoms with E-state index in [1.807, 2.05) is 5.48 Å². The molecule has 2 aromatic carbocycles. The van der Waals surface area contributed by atoms with Crippen LogP contribution in [0.5, 0.6) is 11.5 Å². The van der Waals surface area contributed by atoms with Gasteiger partial charge in [0.25, 0.3) is 0 Å². The number of methoxy groups -OCH3 is 1. The quantitative estimate of drug-likeness (QED) is 0.133. The Morgan fingerprint density at radius 2 is 2.07 bits per heavy atom. The van der Waals surface area contributed by atoms with Crippen molar-refractivity contribution in [3.05, 3.63) is 59.2 Å². The van der Waals surface area contributed by atoms with Crippen LogP contribution in [0.4, 0.5) is 5.69 Å². The van der Waals surface area contributed by atoms with Gasteiger partial charge in [-0.25, -0.2) is 0 Å². The van der Waals surface area contributed by atoms with E-state index in [4.69, 9.17) is 26.5 Å². The fraction of sp³-hybridized carbons (Fsp3) is 0.143. The molecule has 0 spiro atoms. The molecule has 0 aliphatic carbocycles. The van der Waals surface area contributed by atoms with E-state index in [1.165, 1.54) is 7.11 Å². The molecule has 0 radical (unpaired) electrons. The minimum atomic E-state index is -0.146. The second-order valence-electron chi connectivity index (χ2n) is 5.63. The number of anilines is 1. The number of amidine groups is 1. The minimum Gasteiger partial charge on any atom is -0.493 e. The summed E-state index contributed by atoms with van der Waals surface area (Å²) in [6.07, 6.45) is 7.66. The molecule has 2 aromatic rings. The highest BCUT2D eigenvalue weighted by Crippen LogP contribution is 2.28. The van der Waals surface area contributed by atoms with Gasteiger partial charge in [0, 0.05) is 23.4 Å². The van der Waals surface area contributed by atoms with Gasteiger partial charge in [-0.3, -0.25) is 20.9 Å². The molecular formula is C21H21N3O4. The minimum absolute atomic E-state index is 0.131. The van der Waals surface area contributed by atoms with E-state index >= 15 is 0 Å². The summed E-state index contributed by atoms with van der Waals surface area (Å²) in [7, 11) is 1.52. The average molecular weight is 379 g/mol. The van der Waals surface area contributed by atoms with E-state index in [2.05, 4.69) is 11.2 Å². The van der Waals surface area contributed by atoms with Crippen LogP contribution in [0, 0.1) is 17.8 Å². The molecule has 0 aromatic heterocycles. The lowest BCUT2D eigenvalue weighted by Crippen LogP contribution is -2.20. The van der Waals surface area contributed by atoms with Crippen molar-refractivity contribution in [1.82, 2.24) is 5.48 Å². The zero-order valence-corrected chi connectivity index (χ0v) is 15.4. The van der Waals surface area contributed by atoms with Crippen molar-refractivity contribution in [2.75, 3.05) is 25.6 Å². The molecule has 144 valence electrons. The number of aldehydes is 1. The van der Waals surface area contributed by atoms with Crippen molar-refractivity contribution < 1.29 is 19.5 Å². The standard InChI is InChI=1S/C21H21N3O4/c1-3-10-28-19-9-8-15(12-20(19)27-2)11-16(14-25)13-23-18-7-5-4-6-17(18)21(22)24-26/h1,4-9,11-12,14,23,26H,10,13H2,2H3,(H2,22,24)/b16-11-. The molecule has 7 nitrogen and oxygen atoms in total. The summed E-state index contributed by atoms with van der Waals surface area (Å²) in [6.45, 7) is 0.364. The Balaban J connectivity index is 2.18. The number of ether oxygens (including phenoxy) is 2.